The fraction of sp³-hybridized carbons (Fsp3) is 0.600. The van der Waals surface area contributed by atoms with Gasteiger partial charge in [-0.25, -0.2) is 0 Å². The van der Waals surface area contributed by atoms with Crippen LogP contribution >= 0.6 is 0 Å². The van der Waals surface area contributed by atoms with Crippen LogP contribution in [0.15, 0.2) is 11.6 Å². The van der Waals surface area contributed by atoms with Gasteiger partial charge in [0.15, 0.2) is 0 Å². The number of aliphatic carboxylic acids is 2. The van der Waals surface area contributed by atoms with E-state index in [0.717, 1.165) is 19.3 Å². The molecular weight excluding hydrogens is 184 g/mol. The molecule has 0 aliphatic rings. The van der Waals surface area contributed by atoms with Crippen LogP contribution in [0, 0.1) is 0 Å². The number of hydrogen-bond donors (Lipinski definition) is 0. The van der Waals surface area contributed by atoms with Crippen molar-refractivity contribution in [2.24, 2.45) is 0 Å². The maximum atomic E-state index is 10.4. The van der Waals surface area contributed by atoms with Gasteiger partial charge in [-0.1, -0.05) is 26.2 Å². The van der Waals surface area contributed by atoms with Gasteiger partial charge in [0.05, 0.1) is 11.9 Å². The molecule has 0 saturated carbocycles. The van der Waals surface area contributed by atoms with Gasteiger partial charge in [0.25, 0.3) is 0 Å². The van der Waals surface area contributed by atoms with Crippen molar-refractivity contribution >= 4 is 11.9 Å². The molecule has 0 saturated heterocycles. The highest BCUT2D eigenvalue weighted by Crippen LogP contribution is 2.09. The molecule has 4 nitrogen and oxygen atoms in total. The van der Waals surface area contributed by atoms with E-state index in [9.17, 15) is 19.8 Å². The monoisotopic (exact) mass is 198 g/mol. The normalized spacial score (nSPS) is 11.4. The van der Waals surface area contributed by atoms with Crippen molar-refractivity contribution < 1.29 is 19.8 Å². The molecule has 0 heterocycles. The van der Waals surface area contributed by atoms with Crippen LogP contribution in [0.4, 0.5) is 0 Å². The molecule has 0 atom stereocenters. The lowest BCUT2D eigenvalue weighted by Crippen LogP contribution is -2.27. The molecule has 0 rings (SSSR count). The Morgan fingerprint density at radius 2 is 1.79 bits per heavy atom. The van der Waals surface area contributed by atoms with E-state index in [1.54, 1.807) is 0 Å². The van der Waals surface area contributed by atoms with Crippen LogP contribution in [0.3, 0.4) is 0 Å². The zero-order valence-corrected chi connectivity index (χ0v) is 8.25. The molecule has 0 aromatic rings. The molecule has 4 heteroatoms. The second kappa shape index (κ2) is 7.12. The van der Waals surface area contributed by atoms with Gasteiger partial charge in [-0.2, -0.15) is 0 Å². The van der Waals surface area contributed by atoms with Crippen LogP contribution in [-0.2, 0) is 9.59 Å². The van der Waals surface area contributed by atoms with Crippen molar-refractivity contribution in [2.45, 2.75) is 39.0 Å². The standard InChI is InChI=1S/C10H16O4/c1-2-3-4-5-6-8(10(13)14)7-9(11)12/h7H,2-6H2,1H3,(H,11,12)(H,13,14)/p-2/b8-7+. The number of carbonyl (C=O) groups is 2. The first-order chi connectivity index (χ1) is 6.57. The summed E-state index contributed by atoms with van der Waals surface area (Å²) >= 11 is 0. The Balaban J connectivity index is 3.99. The van der Waals surface area contributed by atoms with Gasteiger partial charge >= 0.3 is 0 Å². The maximum absolute atomic E-state index is 10.4. The number of hydrogen-bond acceptors (Lipinski definition) is 4. The molecule has 0 unspecified atom stereocenters. The van der Waals surface area contributed by atoms with Gasteiger partial charge in [-0.05, 0) is 24.5 Å². The van der Waals surface area contributed by atoms with Crippen molar-refractivity contribution in [3.05, 3.63) is 11.6 Å². The van der Waals surface area contributed by atoms with E-state index >= 15 is 0 Å². The first-order valence-electron chi connectivity index (χ1n) is 4.70. The molecule has 0 aliphatic carbocycles. The summed E-state index contributed by atoms with van der Waals surface area (Å²) < 4.78 is 0. The maximum Gasteiger partial charge on any atom is 0.0675 e. The van der Waals surface area contributed by atoms with E-state index in [0.29, 0.717) is 12.5 Å². The van der Waals surface area contributed by atoms with Crippen LogP contribution in [0.1, 0.15) is 39.0 Å². The molecule has 0 radical (unpaired) electrons. The minimum absolute atomic E-state index is 0.193. The fourth-order valence-corrected chi connectivity index (χ4v) is 1.12. The summed E-state index contributed by atoms with van der Waals surface area (Å²) in [5.41, 5.74) is -0.193. The quantitative estimate of drug-likeness (QED) is 0.403. The van der Waals surface area contributed by atoms with E-state index < -0.39 is 11.9 Å². The van der Waals surface area contributed by atoms with Crippen molar-refractivity contribution in [1.82, 2.24) is 0 Å². The highest BCUT2D eigenvalue weighted by Gasteiger charge is 1.98. The van der Waals surface area contributed by atoms with Crippen molar-refractivity contribution in [3.8, 4) is 0 Å². The van der Waals surface area contributed by atoms with Crippen LogP contribution in [0.25, 0.3) is 0 Å². The summed E-state index contributed by atoms with van der Waals surface area (Å²) in [6, 6.07) is 0. The van der Waals surface area contributed by atoms with E-state index in [1.807, 2.05) is 6.92 Å². The summed E-state index contributed by atoms with van der Waals surface area (Å²) in [5, 5.41) is 20.6. The average molecular weight is 198 g/mol. The lowest BCUT2D eigenvalue weighted by molar-refractivity contribution is -0.303. The first kappa shape index (κ1) is 12.7. The van der Waals surface area contributed by atoms with Crippen molar-refractivity contribution in [3.63, 3.8) is 0 Å². The summed E-state index contributed by atoms with van der Waals surface area (Å²) in [6.07, 6.45) is 4.46. The van der Waals surface area contributed by atoms with Crippen LogP contribution in [0.5, 0.6) is 0 Å². The fourth-order valence-electron chi connectivity index (χ4n) is 1.12. The second-order valence-corrected chi connectivity index (χ2v) is 3.09. The lowest BCUT2D eigenvalue weighted by Gasteiger charge is -2.08. The van der Waals surface area contributed by atoms with Gasteiger partial charge in [-0.3, -0.25) is 0 Å². The topological polar surface area (TPSA) is 80.3 Å². The number of carboxylic acids is 2. The van der Waals surface area contributed by atoms with Crippen molar-refractivity contribution in [2.75, 3.05) is 0 Å². The Labute approximate surface area is 83.2 Å². The molecule has 0 aliphatic heterocycles. The Kier molecular flexibility index (Phi) is 6.45. The third kappa shape index (κ3) is 6.22. The Morgan fingerprint density at radius 3 is 2.21 bits per heavy atom. The summed E-state index contributed by atoms with van der Waals surface area (Å²) in [6.45, 7) is 2.04. The van der Waals surface area contributed by atoms with E-state index in [1.165, 1.54) is 0 Å². The molecule has 0 aromatic carbocycles. The predicted octanol–water partition coefficient (Wildman–Crippen LogP) is -0.617. The Bertz CT molecular complexity index is 230. The zero-order valence-electron chi connectivity index (χ0n) is 8.25. The highest BCUT2D eigenvalue weighted by molar-refractivity contribution is 5.92. The molecule has 80 valence electrons. The molecule has 0 spiro atoms. The van der Waals surface area contributed by atoms with E-state index in [4.69, 9.17) is 0 Å². The van der Waals surface area contributed by atoms with Gasteiger partial charge in [0.1, 0.15) is 0 Å². The molecule has 0 fully saturated rings. The van der Waals surface area contributed by atoms with Crippen LogP contribution in [-0.4, -0.2) is 11.9 Å². The minimum atomic E-state index is -1.49. The Hall–Kier alpha value is -1.32. The smallest absolute Gasteiger partial charge is 0.0675 e. The molecule has 14 heavy (non-hydrogen) atoms. The third-order valence-corrected chi connectivity index (χ3v) is 1.85. The Morgan fingerprint density at radius 1 is 1.14 bits per heavy atom. The summed E-state index contributed by atoms with van der Waals surface area (Å²) in [5.74, 6) is -2.91. The average Bonchev–Trinajstić information content (AvgIpc) is 2.09. The largest absolute Gasteiger partial charge is 0.545 e. The van der Waals surface area contributed by atoms with Crippen molar-refractivity contribution in [1.29, 1.82) is 0 Å². The van der Waals surface area contributed by atoms with Gasteiger partial charge < -0.3 is 19.8 Å². The van der Waals surface area contributed by atoms with Gasteiger partial charge in [0, 0.05) is 0 Å². The third-order valence-electron chi connectivity index (χ3n) is 1.85. The van der Waals surface area contributed by atoms with E-state index in [2.05, 4.69) is 0 Å². The predicted molar refractivity (Wildman–Crippen MR) is 46.9 cm³/mol. The number of carboxylic acid groups (broad SMARTS) is 2. The van der Waals surface area contributed by atoms with Gasteiger partial charge in [0.2, 0.25) is 0 Å². The second-order valence-electron chi connectivity index (χ2n) is 3.09. The molecule has 0 aromatic heterocycles. The molecule has 0 amide bonds. The summed E-state index contributed by atoms with van der Waals surface area (Å²) in [7, 11) is 0. The summed E-state index contributed by atoms with van der Waals surface area (Å²) in [4.78, 5) is 20.6. The molecular formula is C10H14O4-2. The van der Waals surface area contributed by atoms with Crippen LogP contribution in [0.2, 0.25) is 0 Å². The number of unbranched alkanes of at least 4 members (excludes halogenated alkanes) is 3. The van der Waals surface area contributed by atoms with Crippen LogP contribution < -0.4 is 10.2 Å². The first-order valence-corrected chi connectivity index (χ1v) is 4.70. The zero-order chi connectivity index (χ0) is 11.0. The highest BCUT2D eigenvalue weighted by atomic mass is 16.4. The SMILES string of the molecule is CCCCCC/C(=C\C(=O)[O-])C(=O)[O-]. The van der Waals surface area contributed by atoms with Gasteiger partial charge in [-0.15, -0.1) is 0 Å². The lowest BCUT2D eigenvalue weighted by atomic mass is 10.1. The van der Waals surface area contributed by atoms with E-state index in [-0.39, 0.29) is 12.0 Å². The molecule has 0 N–H and O–H groups in total. The number of rotatable bonds is 7. The molecule has 0 bridgehead atoms. The number of carbonyl (C=O) groups excluding carboxylic acids is 2. The minimum Gasteiger partial charge on any atom is -0.545 e.